The number of ether oxygens (including phenoxy) is 1. The Balaban J connectivity index is 3.28. The molecule has 0 aromatic carbocycles. The molecule has 5 heteroatoms. The van der Waals surface area contributed by atoms with E-state index < -0.39 is 11.7 Å². The Kier molecular flexibility index (Phi) is 7.93. The molecule has 0 radical (unpaired) electrons. The molecule has 0 aliphatic rings. The van der Waals surface area contributed by atoms with Crippen molar-refractivity contribution in [3.63, 3.8) is 0 Å². The number of amides is 1. The Morgan fingerprint density at radius 3 is 2.38 bits per heavy atom. The maximum atomic E-state index is 11.1. The highest BCUT2D eigenvalue weighted by Crippen LogP contribution is 2.06. The molecule has 0 saturated carbocycles. The zero-order chi connectivity index (χ0) is 12.4. The van der Waals surface area contributed by atoms with E-state index in [-0.39, 0.29) is 6.61 Å². The number of unbranched alkanes of at least 4 members (excludes halogenated alkanes) is 3. The molecule has 5 nitrogen and oxygen atoms in total. The van der Waals surface area contributed by atoms with Crippen molar-refractivity contribution in [1.82, 2.24) is 5.48 Å². The fraction of sp³-hybridized carbons (Fsp3) is 0.909. The molecular weight excluding hydrogens is 210 g/mol. The zero-order valence-electron chi connectivity index (χ0n) is 10.4. The first-order chi connectivity index (χ1) is 7.45. The van der Waals surface area contributed by atoms with Crippen molar-refractivity contribution < 1.29 is 19.5 Å². The SMILES string of the molecule is CC(C)(C)OC(=O)NOCCCCCCO. The highest BCUT2D eigenvalue weighted by Gasteiger charge is 2.15. The Morgan fingerprint density at radius 2 is 1.81 bits per heavy atom. The minimum absolute atomic E-state index is 0.233. The average molecular weight is 233 g/mol. The van der Waals surface area contributed by atoms with Crippen LogP contribution in [0.25, 0.3) is 0 Å². The van der Waals surface area contributed by atoms with Crippen LogP contribution in [0.3, 0.4) is 0 Å². The van der Waals surface area contributed by atoms with Gasteiger partial charge in [0, 0.05) is 6.61 Å². The smallest absolute Gasteiger partial charge is 0.431 e. The van der Waals surface area contributed by atoms with Gasteiger partial charge in [0.1, 0.15) is 5.60 Å². The summed E-state index contributed by atoms with van der Waals surface area (Å²) in [6, 6.07) is 0. The summed E-state index contributed by atoms with van der Waals surface area (Å²) in [7, 11) is 0. The molecule has 0 saturated heterocycles. The second-order valence-electron chi connectivity index (χ2n) is 4.59. The average Bonchev–Trinajstić information content (AvgIpc) is 2.13. The van der Waals surface area contributed by atoms with Gasteiger partial charge in [-0.2, -0.15) is 5.48 Å². The summed E-state index contributed by atoms with van der Waals surface area (Å²) >= 11 is 0. The molecule has 0 aromatic heterocycles. The monoisotopic (exact) mass is 233 g/mol. The van der Waals surface area contributed by atoms with E-state index in [4.69, 9.17) is 14.7 Å². The van der Waals surface area contributed by atoms with E-state index in [0.717, 1.165) is 25.7 Å². The Bertz CT molecular complexity index is 189. The number of nitrogens with one attached hydrogen (secondary N) is 1. The number of hydrogen-bond acceptors (Lipinski definition) is 4. The van der Waals surface area contributed by atoms with Gasteiger partial charge in [0.15, 0.2) is 0 Å². The summed E-state index contributed by atoms with van der Waals surface area (Å²) in [5.74, 6) is 0. The van der Waals surface area contributed by atoms with Crippen molar-refractivity contribution in [2.45, 2.75) is 52.1 Å². The highest BCUT2D eigenvalue weighted by atomic mass is 16.7. The first kappa shape index (κ1) is 15.2. The maximum Gasteiger partial charge on any atom is 0.431 e. The lowest BCUT2D eigenvalue weighted by Crippen LogP contribution is -2.32. The molecule has 16 heavy (non-hydrogen) atoms. The number of carbonyl (C=O) groups is 1. The number of hydroxylamine groups is 1. The van der Waals surface area contributed by atoms with E-state index in [1.807, 2.05) is 0 Å². The Labute approximate surface area is 97.1 Å². The third-order valence-corrected chi connectivity index (χ3v) is 1.71. The van der Waals surface area contributed by atoms with Crippen LogP contribution < -0.4 is 5.48 Å². The predicted molar refractivity (Wildman–Crippen MR) is 60.9 cm³/mol. The van der Waals surface area contributed by atoms with E-state index in [1.54, 1.807) is 20.8 Å². The van der Waals surface area contributed by atoms with Gasteiger partial charge in [-0.25, -0.2) is 4.79 Å². The fourth-order valence-electron chi connectivity index (χ4n) is 1.05. The lowest BCUT2D eigenvalue weighted by molar-refractivity contribution is -0.00862. The summed E-state index contributed by atoms with van der Waals surface area (Å²) in [5.41, 5.74) is 1.71. The van der Waals surface area contributed by atoms with Gasteiger partial charge in [-0.1, -0.05) is 12.8 Å². The van der Waals surface area contributed by atoms with Crippen LogP contribution in [0.4, 0.5) is 4.79 Å². The molecule has 0 bridgehead atoms. The standard InChI is InChI=1S/C11H23NO4/c1-11(2,3)16-10(14)12-15-9-7-5-4-6-8-13/h13H,4-9H2,1-3H3,(H,12,14). The van der Waals surface area contributed by atoms with Crippen LogP contribution in [-0.2, 0) is 9.57 Å². The molecule has 96 valence electrons. The van der Waals surface area contributed by atoms with E-state index in [1.165, 1.54) is 0 Å². The highest BCUT2D eigenvalue weighted by molar-refractivity contribution is 5.66. The van der Waals surface area contributed by atoms with Crippen LogP contribution in [0.1, 0.15) is 46.5 Å². The van der Waals surface area contributed by atoms with Gasteiger partial charge in [0.2, 0.25) is 0 Å². The number of rotatable bonds is 7. The van der Waals surface area contributed by atoms with Crippen molar-refractivity contribution in [1.29, 1.82) is 0 Å². The number of hydrogen-bond donors (Lipinski definition) is 2. The van der Waals surface area contributed by atoms with Crippen molar-refractivity contribution in [3.8, 4) is 0 Å². The van der Waals surface area contributed by atoms with Gasteiger partial charge in [0.25, 0.3) is 0 Å². The lowest BCUT2D eigenvalue weighted by atomic mass is 10.2. The summed E-state index contributed by atoms with van der Waals surface area (Å²) in [5, 5.41) is 8.55. The van der Waals surface area contributed by atoms with Gasteiger partial charge >= 0.3 is 6.09 Å². The first-order valence-electron chi connectivity index (χ1n) is 5.67. The summed E-state index contributed by atoms with van der Waals surface area (Å²) in [4.78, 5) is 16.0. The van der Waals surface area contributed by atoms with Crippen molar-refractivity contribution in [3.05, 3.63) is 0 Å². The molecule has 1 amide bonds. The van der Waals surface area contributed by atoms with E-state index in [9.17, 15) is 4.79 Å². The molecule has 0 aliphatic heterocycles. The second-order valence-corrected chi connectivity index (χ2v) is 4.59. The van der Waals surface area contributed by atoms with Crippen molar-refractivity contribution in [2.75, 3.05) is 13.2 Å². The van der Waals surface area contributed by atoms with E-state index in [2.05, 4.69) is 5.48 Å². The van der Waals surface area contributed by atoms with Gasteiger partial charge in [-0.3, -0.25) is 4.84 Å². The normalized spacial score (nSPS) is 11.2. The molecule has 0 spiro atoms. The molecule has 2 N–H and O–H groups in total. The van der Waals surface area contributed by atoms with Crippen LogP contribution in [-0.4, -0.2) is 30.0 Å². The molecule has 0 aliphatic carbocycles. The molecule has 0 heterocycles. The Morgan fingerprint density at radius 1 is 1.19 bits per heavy atom. The van der Waals surface area contributed by atoms with Gasteiger partial charge in [-0.05, 0) is 33.6 Å². The molecule has 0 unspecified atom stereocenters. The van der Waals surface area contributed by atoms with Crippen LogP contribution in [0.5, 0.6) is 0 Å². The molecule has 0 fully saturated rings. The van der Waals surface area contributed by atoms with E-state index >= 15 is 0 Å². The quantitative estimate of drug-likeness (QED) is 0.521. The summed E-state index contributed by atoms with van der Waals surface area (Å²) in [6.45, 7) is 6.08. The summed E-state index contributed by atoms with van der Waals surface area (Å²) in [6.07, 6.45) is 3.07. The Hall–Kier alpha value is -0.810. The van der Waals surface area contributed by atoms with Crippen LogP contribution >= 0.6 is 0 Å². The third-order valence-electron chi connectivity index (χ3n) is 1.71. The third kappa shape index (κ3) is 11.3. The topological polar surface area (TPSA) is 67.8 Å². The number of aliphatic hydroxyl groups excluding tert-OH is 1. The van der Waals surface area contributed by atoms with Crippen molar-refractivity contribution in [2.24, 2.45) is 0 Å². The fourth-order valence-corrected chi connectivity index (χ4v) is 1.05. The van der Waals surface area contributed by atoms with Gasteiger partial charge in [-0.15, -0.1) is 0 Å². The minimum Gasteiger partial charge on any atom is -0.442 e. The predicted octanol–water partition coefficient (Wildman–Crippen LogP) is 2.00. The van der Waals surface area contributed by atoms with Gasteiger partial charge in [0.05, 0.1) is 6.61 Å². The molecule has 0 atom stereocenters. The number of aliphatic hydroxyl groups is 1. The van der Waals surface area contributed by atoms with Gasteiger partial charge < -0.3 is 9.84 Å². The molecule has 0 rings (SSSR count). The minimum atomic E-state index is -0.567. The zero-order valence-corrected chi connectivity index (χ0v) is 10.4. The summed E-state index contributed by atoms with van der Waals surface area (Å²) < 4.78 is 4.97. The molecule has 0 aromatic rings. The van der Waals surface area contributed by atoms with Crippen LogP contribution in [0, 0.1) is 0 Å². The maximum absolute atomic E-state index is 11.1. The number of carbonyl (C=O) groups excluding carboxylic acids is 1. The van der Waals surface area contributed by atoms with Crippen LogP contribution in [0.2, 0.25) is 0 Å². The van der Waals surface area contributed by atoms with Crippen LogP contribution in [0.15, 0.2) is 0 Å². The second kappa shape index (κ2) is 8.35. The van der Waals surface area contributed by atoms with E-state index in [0.29, 0.717) is 6.61 Å². The first-order valence-corrected chi connectivity index (χ1v) is 5.67. The molecular formula is C11H23NO4. The lowest BCUT2D eigenvalue weighted by Gasteiger charge is -2.19. The largest absolute Gasteiger partial charge is 0.442 e. The van der Waals surface area contributed by atoms with Crippen molar-refractivity contribution >= 4 is 6.09 Å².